The first-order valence-corrected chi connectivity index (χ1v) is 7.90. The maximum Gasteiger partial charge on any atom is 0.224 e. The van der Waals surface area contributed by atoms with Crippen molar-refractivity contribution in [3.63, 3.8) is 0 Å². The van der Waals surface area contributed by atoms with Crippen molar-refractivity contribution in [2.75, 3.05) is 5.32 Å². The van der Waals surface area contributed by atoms with Gasteiger partial charge in [0.05, 0.1) is 5.69 Å². The number of hydrogen-bond acceptors (Lipinski definition) is 2. The SMILES string of the molecule is O=C(CC1CC2CCC(C1)N2)Nc1ccc(Br)cc1F. The molecule has 0 aliphatic carbocycles. The van der Waals surface area contributed by atoms with E-state index in [2.05, 4.69) is 26.6 Å². The van der Waals surface area contributed by atoms with Gasteiger partial charge in [0.2, 0.25) is 5.91 Å². The molecule has 2 fully saturated rings. The molecule has 2 N–H and O–H groups in total. The first-order chi connectivity index (χ1) is 9.60. The summed E-state index contributed by atoms with van der Waals surface area (Å²) in [5.41, 5.74) is 0.259. The van der Waals surface area contributed by atoms with Gasteiger partial charge in [-0.25, -0.2) is 4.39 Å². The third-order valence-electron chi connectivity index (χ3n) is 4.25. The number of hydrogen-bond donors (Lipinski definition) is 2. The van der Waals surface area contributed by atoms with Crippen LogP contribution in [0.2, 0.25) is 0 Å². The maximum absolute atomic E-state index is 13.7. The average Bonchev–Trinajstić information content (AvgIpc) is 2.72. The number of fused-ring (bicyclic) bond motifs is 2. The van der Waals surface area contributed by atoms with Crippen molar-refractivity contribution in [1.29, 1.82) is 0 Å². The third kappa shape index (κ3) is 3.20. The Kier molecular flexibility index (Phi) is 4.08. The van der Waals surface area contributed by atoms with E-state index in [0.29, 0.717) is 28.9 Å². The van der Waals surface area contributed by atoms with Gasteiger partial charge in [0, 0.05) is 23.0 Å². The lowest BCUT2D eigenvalue weighted by molar-refractivity contribution is -0.117. The highest BCUT2D eigenvalue weighted by Gasteiger charge is 2.34. The molecule has 2 saturated heterocycles. The summed E-state index contributed by atoms with van der Waals surface area (Å²) in [6.45, 7) is 0. The minimum atomic E-state index is -0.405. The van der Waals surface area contributed by atoms with Gasteiger partial charge >= 0.3 is 0 Å². The van der Waals surface area contributed by atoms with Crippen molar-refractivity contribution in [3.05, 3.63) is 28.5 Å². The molecule has 3 nitrogen and oxygen atoms in total. The Morgan fingerprint density at radius 2 is 2.05 bits per heavy atom. The predicted octanol–water partition coefficient (Wildman–Crippen LogP) is 3.45. The molecule has 108 valence electrons. The van der Waals surface area contributed by atoms with E-state index in [9.17, 15) is 9.18 Å². The van der Waals surface area contributed by atoms with Gasteiger partial charge in [-0.3, -0.25) is 4.79 Å². The van der Waals surface area contributed by atoms with Gasteiger partial charge in [0.15, 0.2) is 0 Å². The lowest BCUT2D eigenvalue weighted by Crippen LogP contribution is -2.39. The first-order valence-electron chi connectivity index (χ1n) is 7.11. The van der Waals surface area contributed by atoms with Crippen LogP contribution in [0.15, 0.2) is 22.7 Å². The third-order valence-corrected chi connectivity index (χ3v) is 4.74. The Hall–Kier alpha value is -0.940. The summed E-state index contributed by atoms with van der Waals surface area (Å²) in [5, 5.41) is 6.24. The summed E-state index contributed by atoms with van der Waals surface area (Å²) in [5.74, 6) is -0.0668. The largest absolute Gasteiger partial charge is 0.324 e. The highest BCUT2D eigenvalue weighted by Crippen LogP contribution is 2.33. The number of anilines is 1. The predicted molar refractivity (Wildman–Crippen MR) is 80.0 cm³/mol. The summed E-state index contributed by atoms with van der Waals surface area (Å²) in [6.07, 6.45) is 5.07. The van der Waals surface area contributed by atoms with Crippen LogP contribution >= 0.6 is 15.9 Å². The fourth-order valence-electron chi connectivity index (χ4n) is 3.40. The minimum absolute atomic E-state index is 0.0856. The number of benzene rings is 1. The second-order valence-corrected chi connectivity index (χ2v) is 6.77. The van der Waals surface area contributed by atoms with E-state index in [-0.39, 0.29) is 11.6 Å². The Labute approximate surface area is 126 Å². The smallest absolute Gasteiger partial charge is 0.224 e. The van der Waals surface area contributed by atoms with Gasteiger partial charge in [-0.2, -0.15) is 0 Å². The Bertz CT molecular complexity index is 511. The summed E-state index contributed by atoms with van der Waals surface area (Å²) >= 11 is 3.20. The topological polar surface area (TPSA) is 41.1 Å². The summed E-state index contributed by atoms with van der Waals surface area (Å²) in [7, 11) is 0. The van der Waals surface area contributed by atoms with Crippen molar-refractivity contribution >= 4 is 27.5 Å². The summed E-state index contributed by atoms with van der Waals surface area (Å²) in [6, 6.07) is 5.83. The molecule has 5 heteroatoms. The zero-order chi connectivity index (χ0) is 14.1. The second kappa shape index (κ2) is 5.82. The van der Waals surface area contributed by atoms with Crippen LogP contribution in [0.5, 0.6) is 0 Å². The van der Waals surface area contributed by atoms with Gasteiger partial charge in [-0.15, -0.1) is 0 Å². The Morgan fingerprint density at radius 1 is 1.35 bits per heavy atom. The summed E-state index contributed by atoms with van der Waals surface area (Å²) < 4.78 is 14.3. The average molecular weight is 341 g/mol. The molecule has 0 saturated carbocycles. The van der Waals surface area contributed by atoms with Crippen LogP contribution in [-0.4, -0.2) is 18.0 Å². The van der Waals surface area contributed by atoms with Gasteiger partial charge in [0.1, 0.15) is 5.82 Å². The quantitative estimate of drug-likeness (QED) is 0.884. The maximum atomic E-state index is 13.7. The van der Waals surface area contributed by atoms with Gasteiger partial charge < -0.3 is 10.6 Å². The van der Waals surface area contributed by atoms with Crippen LogP contribution in [0.1, 0.15) is 32.1 Å². The Balaban J connectivity index is 1.57. The van der Waals surface area contributed by atoms with Crippen LogP contribution in [-0.2, 0) is 4.79 Å². The standard InChI is InChI=1S/C15H18BrFN2O/c16-10-1-4-14(13(17)8-10)19-15(20)7-9-5-11-2-3-12(6-9)18-11/h1,4,8-9,11-12,18H,2-3,5-7H2,(H,19,20). The molecule has 0 spiro atoms. The van der Waals surface area contributed by atoms with E-state index in [1.165, 1.54) is 18.9 Å². The molecular formula is C15H18BrFN2O. The van der Waals surface area contributed by atoms with Gasteiger partial charge in [0.25, 0.3) is 0 Å². The lowest BCUT2D eigenvalue weighted by atomic mass is 9.89. The molecule has 2 heterocycles. The van der Waals surface area contributed by atoms with E-state index in [1.807, 2.05) is 0 Å². The molecule has 0 aromatic heterocycles. The molecule has 2 bridgehead atoms. The highest BCUT2D eigenvalue weighted by molar-refractivity contribution is 9.10. The molecule has 1 amide bonds. The van der Waals surface area contributed by atoms with Crippen molar-refractivity contribution in [3.8, 4) is 0 Å². The van der Waals surface area contributed by atoms with Crippen molar-refractivity contribution in [2.45, 2.75) is 44.2 Å². The molecule has 1 aromatic rings. The van der Waals surface area contributed by atoms with Gasteiger partial charge in [-0.1, -0.05) is 15.9 Å². The number of rotatable bonds is 3. The zero-order valence-electron chi connectivity index (χ0n) is 11.2. The Morgan fingerprint density at radius 3 is 2.70 bits per heavy atom. The van der Waals surface area contributed by atoms with E-state index in [0.717, 1.165) is 12.8 Å². The number of carbonyl (C=O) groups is 1. The number of halogens is 2. The van der Waals surface area contributed by atoms with Crippen molar-refractivity contribution in [2.24, 2.45) is 5.92 Å². The first kappa shape index (κ1) is 14.0. The van der Waals surface area contributed by atoms with Crippen LogP contribution in [0.25, 0.3) is 0 Å². The zero-order valence-corrected chi connectivity index (χ0v) is 12.7. The van der Waals surface area contributed by atoms with Crippen LogP contribution < -0.4 is 10.6 Å². The molecule has 0 radical (unpaired) electrons. The minimum Gasteiger partial charge on any atom is -0.324 e. The van der Waals surface area contributed by atoms with Crippen LogP contribution in [0, 0.1) is 11.7 Å². The number of amides is 1. The molecule has 3 rings (SSSR count). The molecule has 2 unspecified atom stereocenters. The number of carbonyl (C=O) groups excluding carboxylic acids is 1. The number of nitrogens with one attached hydrogen (secondary N) is 2. The number of piperidine rings is 1. The van der Waals surface area contributed by atoms with E-state index in [1.54, 1.807) is 12.1 Å². The second-order valence-electron chi connectivity index (χ2n) is 5.85. The van der Waals surface area contributed by atoms with E-state index < -0.39 is 5.82 Å². The van der Waals surface area contributed by atoms with Crippen LogP contribution in [0.4, 0.5) is 10.1 Å². The molecule has 20 heavy (non-hydrogen) atoms. The van der Waals surface area contributed by atoms with Crippen LogP contribution in [0.3, 0.4) is 0 Å². The van der Waals surface area contributed by atoms with Crippen molar-refractivity contribution < 1.29 is 9.18 Å². The molecule has 2 aliphatic rings. The highest BCUT2D eigenvalue weighted by atomic mass is 79.9. The molecular weight excluding hydrogens is 323 g/mol. The van der Waals surface area contributed by atoms with Gasteiger partial charge in [-0.05, 0) is 49.8 Å². The van der Waals surface area contributed by atoms with E-state index in [4.69, 9.17) is 0 Å². The summed E-state index contributed by atoms with van der Waals surface area (Å²) in [4.78, 5) is 12.0. The van der Waals surface area contributed by atoms with E-state index >= 15 is 0 Å². The monoisotopic (exact) mass is 340 g/mol. The van der Waals surface area contributed by atoms with Crippen molar-refractivity contribution in [1.82, 2.24) is 5.32 Å². The molecule has 2 aliphatic heterocycles. The fourth-order valence-corrected chi connectivity index (χ4v) is 3.73. The normalized spacial score (nSPS) is 28.4. The lowest BCUT2D eigenvalue weighted by Gasteiger charge is -2.28. The molecule has 2 atom stereocenters. The fraction of sp³-hybridized carbons (Fsp3) is 0.533. The molecule has 1 aromatic carbocycles.